The summed E-state index contributed by atoms with van der Waals surface area (Å²) >= 11 is 7.25. The van der Waals surface area contributed by atoms with Crippen LogP contribution in [0.2, 0.25) is 5.02 Å². The van der Waals surface area contributed by atoms with Crippen molar-refractivity contribution in [3.05, 3.63) is 28.8 Å². The normalized spacial score (nSPS) is 12.5. The van der Waals surface area contributed by atoms with Gasteiger partial charge in [-0.05, 0) is 18.2 Å². The first-order valence-electron chi connectivity index (χ1n) is 4.35. The van der Waals surface area contributed by atoms with Crippen LogP contribution in [0.15, 0.2) is 23.1 Å². The van der Waals surface area contributed by atoms with E-state index in [4.69, 9.17) is 21.8 Å². The predicted molar refractivity (Wildman–Crippen MR) is 60.8 cm³/mol. The number of carbonyl (C=O) groups is 1. The Bertz CT molecular complexity index is 368. The van der Waals surface area contributed by atoms with Crippen LogP contribution in [0.25, 0.3) is 0 Å². The third-order valence-electron chi connectivity index (χ3n) is 1.77. The Balaban J connectivity index is 2.87. The zero-order valence-electron chi connectivity index (χ0n) is 8.11. The van der Waals surface area contributed by atoms with Crippen LogP contribution in [-0.4, -0.2) is 28.0 Å². The molecule has 0 heterocycles. The molecule has 1 atom stereocenters. The van der Waals surface area contributed by atoms with E-state index in [-0.39, 0.29) is 22.4 Å². The maximum absolute atomic E-state index is 10.7. The summed E-state index contributed by atoms with van der Waals surface area (Å²) in [4.78, 5) is 11.5. The van der Waals surface area contributed by atoms with E-state index < -0.39 is 5.97 Å². The second-order valence-corrected chi connectivity index (χ2v) is 4.98. The van der Waals surface area contributed by atoms with Gasteiger partial charge in [0.05, 0.1) is 17.2 Å². The second-order valence-electron chi connectivity index (χ2n) is 3.06. The molecule has 0 amide bonds. The molecule has 15 heavy (non-hydrogen) atoms. The Kier molecular flexibility index (Phi) is 4.45. The molecule has 0 radical (unpaired) electrons. The highest BCUT2D eigenvalue weighted by Gasteiger charge is 2.10. The van der Waals surface area contributed by atoms with Crippen LogP contribution in [0, 0.1) is 0 Å². The molecule has 0 aliphatic heterocycles. The molecule has 82 valence electrons. The van der Waals surface area contributed by atoms with Crippen LogP contribution in [0.4, 0.5) is 0 Å². The van der Waals surface area contributed by atoms with Crippen molar-refractivity contribution in [2.75, 3.05) is 6.61 Å². The second kappa shape index (κ2) is 5.39. The zero-order valence-corrected chi connectivity index (χ0v) is 9.68. The number of hydrogen-bond donors (Lipinski definition) is 2. The smallest absolute Gasteiger partial charge is 0.337 e. The number of carboxylic acids is 1. The van der Waals surface area contributed by atoms with E-state index in [9.17, 15) is 4.79 Å². The maximum atomic E-state index is 10.7. The summed E-state index contributed by atoms with van der Waals surface area (Å²) in [5.41, 5.74) is 0.0951. The Morgan fingerprint density at radius 3 is 2.73 bits per heavy atom. The van der Waals surface area contributed by atoms with Gasteiger partial charge in [-0.3, -0.25) is 0 Å². The molecule has 0 aliphatic carbocycles. The number of aromatic carboxylic acids is 1. The molecule has 0 saturated heterocycles. The van der Waals surface area contributed by atoms with E-state index in [1.54, 1.807) is 12.1 Å². The Morgan fingerprint density at radius 1 is 1.60 bits per heavy atom. The molecule has 0 bridgehead atoms. The summed E-state index contributed by atoms with van der Waals surface area (Å²) < 4.78 is 0. The van der Waals surface area contributed by atoms with E-state index in [2.05, 4.69) is 0 Å². The van der Waals surface area contributed by atoms with Crippen molar-refractivity contribution < 1.29 is 15.0 Å². The van der Waals surface area contributed by atoms with Gasteiger partial charge in [0.25, 0.3) is 0 Å². The monoisotopic (exact) mass is 246 g/mol. The summed E-state index contributed by atoms with van der Waals surface area (Å²) in [6.45, 7) is 1.95. The molecule has 0 fully saturated rings. The Labute approximate surface area is 97.1 Å². The summed E-state index contributed by atoms with van der Waals surface area (Å²) in [6.07, 6.45) is 0. The number of hydrogen-bond acceptors (Lipinski definition) is 3. The summed E-state index contributed by atoms with van der Waals surface area (Å²) in [5.74, 6) is -1.04. The first-order chi connectivity index (χ1) is 7.04. The highest BCUT2D eigenvalue weighted by molar-refractivity contribution is 8.00. The van der Waals surface area contributed by atoms with Crippen molar-refractivity contribution in [2.24, 2.45) is 0 Å². The van der Waals surface area contributed by atoms with Crippen molar-refractivity contribution in [1.82, 2.24) is 0 Å². The van der Waals surface area contributed by atoms with E-state index >= 15 is 0 Å². The van der Waals surface area contributed by atoms with Gasteiger partial charge in [0.1, 0.15) is 0 Å². The molecule has 1 aromatic carbocycles. The number of halogens is 1. The molecule has 1 aromatic rings. The largest absolute Gasteiger partial charge is 0.478 e. The van der Waals surface area contributed by atoms with Crippen molar-refractivity contribution in [3.8, 4) is 0 Å². The van der Waals surface area contributed by atoms with Crippen molar-refractivity contribution in [3.63, 3.8) is 0 Å². The fraction of sp³-hybridized carbons (Fsp3) is 0.300. The van der Waals surface area contributed by atoms with E-state index in [1.165, 1.54) is 17.8 Å². The molecule has 0 spiro atoms. The van der Waals surface area contributed by atoms with Gasteiger partial charge in [0.15, 0.2) is 0 Å². The lowest BCUT2D eigenvalue weighted by Gasteiger charge is -2.08. The number of benzene rings is 1. The van der Waals surface area contributed by atoms with Gasteiger partial charge in [-0.25, -0.2) is 4.79 Å². The average molecular weight is 247 g/mol. The molecule has 3 nitrogen and oxygen atoms in total. The molecular weight excluding hydrogens is 236 g/mol. The van der Waals surface area contributed by atoms with Crippen LogP contribution in [0.3, 0.4) is 0 Å². The molecule has 1 rings (SSSR count). The Hall–Kier alpha value is -0.710. The van der Waals surface area contributed by atoms with Crippen LogP contribution in [0.5, 0.6) is 0 Å². The van der Waals surface area contributed by atoms with Gasteiger partial charge in [0, 0.05) is 10.1 Å². The van der Waals surface area contributed by atoms with Crippen LogP contribution in [0.1, 0.15) is 17.3 Å². The van der Waals surface area contributed by atoms with Crippen LogP contribution in [-0.2, 0) is 0 Å². The molecule has 0 saturated carbocycles. The number of thioether (sulfide) groups is 1. The van der Waals surface area contributed by atoms with Crippen LogP contribution >= 0.6 is 23.4 Å². The number of aliphatic hydroxyl groups excluding tert-OH is 1. The lowest BCUT2D eigenvalue weighted by molar-refractivity contribution is 0.0697. The number of carboxylic acid groups (broad SMARTS) is 1. The van der Waals surface area contributed by atoms with Crippen molar-refractivity contribution in [1.29, 1.82) is 0 Å². The Morgan fingerprint density at radius 2 is 2.27 bits per heavy atom. The van der Waals surface area contributed by atoms with Gasteiger partial charge in [0.2, 0.25) is 0 Å². The minimum Gasteiger partial charge on any atom is -0.478 e. The third-order valence-corrected chi connectivity index (χ3v) is 3.16. The fourth-order valence-corrected chi connectivity index (χ4v) is 2.21. The standard InChI is InChI=1S/C10H11ClO3S/c1-6(5-12)15-7-2-3-8(10(13)14)9(11)4-7/h2-4,6,12H,5H2,1H3,(H,13,14). The molecule has 0 aromatic heterocycles. The minimum atomic E-state index is -1.04. The average Bonchev–Trinajstić information content (AvgIpc) is 2.17. The van der Waals surface area contributed by atoms with Gasteiger partial charge < -0.3 is 10.2 Å². The predicted octanol–water partition coefficient (Wildman–Crippen LogP) is 2.51. The van der Waals surface area contributed by atoms with E-state index in [0.29, 0.717) is 0 Å². The number of rotatable bonds is 4. The van der Waals surface area contributed by atoms with Gasteiger partial charge in [-0.2, -0.15) is 0 Å². The van der Waals surface area contributed by atoms with E-state index in [0.717, 1.165) is 4.90 Å². The van der Waals surface area contributed by atoms with Gasteiger partial charge >= 0.3 is 5.97 Å². The van der Waals surface area contributed by atoms with E-state index in [1.807, 2.05) is 6.92 Å². The topological polar surface area (TPSA) is 57.5 Å². The molecular formula is C10H11ClO3S. The molecule has 0 aliphatic rings. The number of aliphatic hydroxyl groups is 1. The fourth-order valence-electron chi connectivity index (χ4n) is 1.01. The zero-order chi connectivity index (χ0) is 11.4. The van der Waals surface area contributed by atoms with Crippen LogP contribution < -0.4 is 0 Å². The first-order valence-corrected chi connectivity index (χ1v) is 5.60. The highest BCUT2D eigenvalue weighted by Crippen LogP contribution is 2.27. The van der Waals surface area contributed by atoms with Gasteiger partial charge in [-0.15, -0.1) is 11.8 Å². The molecule has 5 heteroatoms. The van der Waals surface area contributed by atoms with Crippen molar-refractivity contribution in [2.45, 2.75) is 17.1 Å². The molecule has 1 unspecified atom stereocenters. The SMILES string of the molecule is CC(CO)Sc1ccc(C(=O)O)c(Cl)c1. The summed E-state index contributed by atoms with van der Waals surface area (Å²) in [7, 11) is 0. The van der Waals surface area contributed by atoms with Crippen molar-refractivity contribution >= 4 is 29.3 Å². The third kappa shape index (κ3) is 3.41. The molecule has 2 N–H and O–H groups in total. The quantitative estimate of drug-likeness (QED) is 0.802. The lowest BCUT2D eigenvalue weighted by atomic mass is 10.2. The van der Waals surface area contributed by atoms with Gasteiger partial charge in [-0.1, -0.05) is 18.5 Å². The minimum absolute atomic E-state index is 0.0664. The summed E-state index contributed by atoms with van der Waals surface area (Å²) in [5, 5.41) is 17.9. The lowest BCUT2D eigenvalue weighted by Crippen LogP contribution is -2.02. The first kappa shape index (κ1) is 12.4. The summed E-state index contributed by atoms with van der Waals surface area (Å²) in [6, 6.07) is 4.76. The highest BCUT2D eigenvalue weighted by atomic mass is 35.5. The maximum Gasteiger partial charge on any atom is 0.337 e.